The molecule has 1 aliphatic carbocycles. The second kappa shape index (κ2) is 11.2. The number of sulfonamides is 1. The van der Waals surface area contributed by atoms with Crippen molar-refractivity contribution in [2.75, 3.05) is 45.9 Å². The van der Waals surface area contributed by atoms with Gasteiger partial charge in [-0.2, -0.15) is 4.31 Å². The fourth-order valence-electron chi connectivity index (χ4n) is 4.17. The average molecular weight is 454 g/mol. The van der Waals surface area contributed by atoms with E-state index in [2.05, 4.69) is 12.2 Å². The predicted octanol–water partition coefficient (Wildman–Crippen LogP) is 2.70. The number of carbonyl (C=O) groups is 1. The lowest BCUT2D eigenvalue weighted by molar-refractivity contribution is -0.00277. The van der Waals surface area contributed by atoms with Crippen LogP contribution in [0.4, 0.5) is 4.79 Å². The molecule has 174 valence electrons. The molecule has 9 heteroatoms. The highest BCUT2D eigenvalue weighted by molar-refractivity contribution is 7.89. The Labute approximate surface area is 185 Å². The molecule has 1 heterocycles. The standard InChI is InChI=1S/C22H35N3O5S/c1-3-29-19-8-10-20(11-9-19)31(27,28)25-15-13-24(14-16-25)22(26)23-12-17-30-21-7-5-4-6-18(21)2/h8-11,18,21H,3-7,12-17H2,1-2H3,(H,23,26). The molecule has 0 aromatic heterocycles. The highest BCUT2D eigenvalue weighted by Gasteiger charge is 2.30. The van der Waals surface area contributed by atoms with Gasteiger partial charge in [-0.15, -0.1) is 0 Å². The van der Waals surface area contributed by atoms with Crippen LogP contribution in [0.25, 0.3) is 0 Å². The highest BCUT2D eigenvalue weighted by Crippen LogP contribution is 2.26. The van der Waals surface area contributed by atoms with Crippen LogP contribution in [0.2, 0.25) is 0 Å². The fourth-order valence-corrected chi connectivity index (χ4v) is 5.59. The van der Waals surface area contributed by atoms with E-state index in [9.17, 15) is 13.2 Å². The number of nitrogens with zero attached hydrogens (tertiary/aromatic N) is 2. The molecule has 1 aliphatic heterocycles. The summed E-state index contributed by atoms with van der Waals surface area (Å²) in [6.07, 6.45) is 5.09. The first kappa shape index (κ1) is 23.8. The first-order chi connectivity index (χ1) is 14.9. The normalized spacial score (nSPS) is 22.8. The van der Waals surface area contributed by atoms with Gasteiger partial charge in [0.25, 0.3) is 0 Å². The van der Waals surface area contributed by atoms with Gasteiger partial charge in [-0.3, -0.25) is 0 Å². The topological polar surface area (TPSA) is 88.2 Å². The Hall–Kier alpha value is -1.84. The molecule has 2 amide bonds. The minimum Gasteiger partial charge on any atom is -0.494 e. The van der Waals surface area contributed by atoms with Crippen molar-refractivity contribution in [3.05, 3.63) is 24.3 Å². The van der Waals surface area contributed by atoms with Crippen molar-refractivity contribution < 1.29 is 22.7 Å². The first-order valence-electron chi connectivity index (χ1n) is 11.3. The van der Waals surface area contributed by atoms with Crippen LogP contribution < -0.4 is 10.1 Å². The van der Waals surface area contributed by atoms with Crippen LogP contribution in [-0.2, 0) is 14.8 Å². The van der Waals surface area contributed by atoms with Crippen molar-refractivity contribution >= 4 is 16.1 Å². The number of nitrogens with one attached hydrogen (secondary N) is 1. The molecular formula is C22H35N3O5S. The molecule has 1 saturated carbocycles. The molecule has 31 heavy (non-hydrogen) atoms. The average Bonchev–Trinajstić information content (AvgIpc) is 2.78. The summed E-state index contributed by atoms with van der Waals surface area (Å²) in [6, 6.07) is 6.28. The number of benzene rings is 1. The maximum Gasteiger partial charge on any atom is 0.317 e. The van der Waals surface area contributed by atoms with Crippen LogP contribution in [0.15, 0.2) is 29.2 Å². The zero-order chi connectivity index (χ0) is 22.3. The summed E-state index contributed by atoms with van der Waals surface area (Å²) in [6.45, 7) is 6.89. The number of carbonyl (C=O) groups excluding carboxylic acids is 1. The Balaban J connectivity index is 1.41. The summed E-state index contributed by atoms with van der Waals surface area (Å²) in [5.41, 5.74) is 0. The van der Waals surface area contributed by atoms with Crippen molar-refractivity contribution in [1.82, 2.24) is 14.5 Å². The van der Waals surface area contributed by atoms with E-state index in [4.69, 9.17) is 9.47 Å². The van der Waals surface area contributed by atoms with Crippen LogP contribution in [0.1, 0.15) is 39.5 Å². The SMILES string of the molecule is CCOc1ccc(S(=O)(=O)N2CCN(C(=O)NCCOC3CCCCC3C)CC2)cc1. The zero-order valence-corrected chi connectivity index (χ0v) is 19.4. The van der Waals surface area contributed by atoms with Gasteiger partial charge in [-0.05, 0) is 49.9 Å². The Morgan fingerprint density at radius 2 is 1.77 bits per heavy atom. The molecule has 1 N–H and O–H groups in total. The van der Waals surface area contributed by atoms with Gasteiger partial charge in [0.2, 0.25) is 10.0 Å². The van der Waals surface area contributed by atoms with Gasteiger partial charge in [0.1, 0.15) is 5.75 Å². The van der Waals surface area contributed by atoms with Gasteiger partial charge in [-0.25, -0.2) is 13.2 Å². The third-order valence-electron chi connectivity index (χ3n) is 6.04. The number of piperazine rings is 1. The molecule has 1 saturated heterocycles. The summed E-state index contributed by atoms with van der Waals surface area (Å²) in [5, 5.41) is 2.89. The van der Waals surface area contributed by atoms with E-state index in [0.717, 1.165) is 6.42 Å². The van der Waals surface area contributed by atoms with Gasteiger partial charge in [0, 0.05) is 32.7 Å². The predicted molar refractivity (Wildman–Crippen MR) is 119 cm³/mol. The number of rotatable bonds is 8. The highest BCUT2D eigenvalue weighted by atomic mass is 32.2. The van der Waals surface area contributed by atoms with Crippen LogP contribution in [0, 0.1) is 5.92 Å². The van der Waals surface area contributed by atoms with Gasteiger partial charge in [0.15, 0.2) is 0 Å². The molecule has 1 aromatic rings. The van der Waals surface area contributed by atoms with Crippen LogP contribution >= 0.6 is 0 Å². The second-order valence-electron chi connectivity index (χ2n) is 8.20. The summed E-state index contributed by atoms with van der Waals surface area (Å²) >= 11 is 0. The third kappa shape index (κ3) is 6.33. The lowest BCUT2D eigenvalue weighted by Gasteiger charge is -2.34. The monoisotopic (exact) mass is 453 g/mol. The molecule has 8 nitrogen and oxygen atoms in total. The van der Waals surface area contributed by atoms with Crippen LogP contribution in [-0.4, -0.2) is 75.7 Å². The van der Waals surface area contributed by atoms with Gasteiger partial charge < -0.3 is 19.7 Å². The van der Waals surface area contributed by atoms with Crippen molar-refractivity contribution in [2.45, 2.75) is 50.5 Å². The van der Waals surface area contributed by atoms with E-state index in [1.807, 2.05) is 6.92 Å². The van der Waals surface area contributed by atoms with Crippen molar-refractivity contribution in [3.63, 3.8) is 0 Å². The molecular weight excluding hydrogens is 418 g/mol. The molecule has 0 spiro atoms. The second-order valence-corrected chi connectivity index (χ2v) is 10.1. The van der Waals surface area contributed by atoms with E-state index in [0.29, 0.717) is 50.6 Å². The molecule has 2 unspecified atom stereocenters. The molecule has 3 rings (SSSR count). The summed E-state index contributed by atoms with van der Waals surface area (Å²) in [7, 11) is -3.58. The largest absolute Gasteiger partial charge is 0.494 e. The minimum absolute atomic E-state index is 0.168. The Kier molecular flexibility index (Phi) is 8.57. The minimum atomic E-state index is -3.58. The summed E-state index contributed by atoms with van der Waals surface area (Å²) in [5.74, 6) is 1.22. The van der Waals surface area contributed by atoms with E-state index < -0.39 is 10.0 Å². The maximum absolute atomic E-state index is 12.9. The Morgan fingerprint density at radius 3 is 2.42 bits per heavy atom. The van der Waals surface area contributed by atoms with E-state index in [-0.39, 0.29) is 24.0 Å². The van der Waals surface area contributed by atoms with Crippen molar-refractivity contribution in [2.24, 2.45) is 5.92 Å². The lowest BCUT2D eigenvalue weighted by Crippen LogP contribution is -2.53. The van der Waals surface area contributed by atoms with Crippen molar-refractivity contribution in [3.8, 4) is 5.75 Å². The molecule has 0 bridgehead atoms. The fraction of sp³-hybridized carbons (Fsp3) is 0.682. The van der Waals surface area contributed by atoms with Gasteiger partial charge in [0.05, 0.1) is 24.2 Å². The zero-order valence-electron chi connectivity index (χ0n) is 18.6. The summed E-state index contributed by atoms with van der Waals surface area (Å²) in [4.78, 5) is 14.3. The number of hydrogen-bond donors (Lipinski definition) is 1. The smallest absolute Gasteiger partial charge is 0.317 e. The maximum atomic E-state index is 12.9. The Morgan fingerprint density at radius 1 is 1.10 bits per heavy atom. The van der Waals surface area contributed by atoms with Crippen LogP contribution in [0.3, 0.4) is 0 Å². The number of urea groups is 1. The number of ether oxygens (including phenoxy) is 2. The molecule has 2 aliphatic rings. The molecule has 2 fully saturated rings. The van der Waals surface area contributed by atoms with Crippen LogP contribution in [0.5, 0.6) is 5.75 Å². The first-order valence-corrected chi connectivity index (χ1v) is 12.7. The van der Waals surface area contributed by atoms with Gasteiger partial charge >= 0.3 is 6.03 Å². The van der Waals surface area contributed by atoms with E-state index in [1.54, 1.807) is 29.2 Å². The quantitative estimate of drug-likeness (QED) is 0.612. The van der Waals surface area contributed by atoms with Crippen molar-refractivity contribution in [1.29, 1.82) is 0 Å². The lowest BCUT2D eigenvalue weighted by atomic mass is 9.88. The molecule has 1 aromatic carbocycles. The molecule has 2 atom stereocenters. The van der Waals surface area contributed by atoms with Gasteiger partial charge in [-0.1, -0.05) is 19.8 Å². The third-order valence-corrected chi connectivity index (χ3v) is 7.95. The van der Waals surface area contributed by atoms with E-state index >= 15 is 0 Å². The Bertz CT molecular complexity index is 807. The number of hydrogen-bond acceptors (Lipinski definition) is 5. The van der Waals surface area contributed by atoms with E-state index in [1.165, 1.54) is 23.6 Å². The summed E-state index contributed by atoms with van der Waals surface area (Å²) < 4.78 is 38.5. The molecule has 0 radical (unpaired) electrons. The number of amides is 2.